The maximum atomic E-state index is 13.3. The summed E-state index contributed by atoms with van der Waals surface area (Å²) < 4.78 is 55.1. The average molecular weight is 581 g/mol. The number of rotatable bonds is 10. The minimum absolute atomic E-state index is 0.0571. The summed E-state index contributed by atoms with van der Waals surface area (Å²) >= 11 is 3.33. The number of carbonyl (C=O) groups excluding carboxylic acids is 1. The van der Waals surface area contributed by atoms with Gasteiger partial charge in [0.15, 0.2) is 0 Å². The van der Waals surface area contributed by atoms with Gasteiger partial charge in [-0.25, -0.2) is 16.8 Å². The molecule has 0 unspecified atom stereocenters. The fraction of sp³-hybridized carbons (Fsp3) is 0.208. The normalized spacial score (nSPS) is 11.9. The van der Waals surface area contributed by atoms with E-state index in [1.165, 1.54) is 40.7 Å². The van der Waals surface area contributed by atoms with Crippen molar-refractivity contribution in [1.29, 1.82) is 0 Å². The van der Waals surface area contributed by atoms with Crippen LogP contribution in [0.2, 0.25) is 0 Å². The van der Waals surface area contributed by atoms with Gasteiger partial charge in [0.1, 0.15) is 6.54 Å². The molecule has 11 heteroatoms. The molecule has 3 aromatic rings. The first-order valence-corrected chi connectivity index (χ1v) is 14.5. The molecule has 0 atom stereocenters. The molecule has 0 saturated carbocycles. The molecule has 0 fully saturated rings. The molecule has 186 valence electrons. The van der Waals surface area contributed by atoms with Crippen molar-refractivity contribution in [2.45, 2.75) is 23.6 Å². The standard InChI is InChI=1S/C24H26BrN3O5S2/c1-3-27(4-2)34(30,31)23-16-12-20(13-17-23)26-24(29)18-28(21-14-10-19(25)11-15-21)35(32,33)22-8-6-5-7-9-22/h5-17H,3-4,18H2,1-2H3,(H,26,29). The first-order valence-electron chi connectivity index (χ1n) is 10.8. The van der Waals surface area contributed by atoms with Crippen LogP contribution in [0.4, 0.5) is 11.4 Å². The van der Waals surface area contributed by atoms with E-state index in [1.54, 1.807) is 56.3 Å². The average Bonchev–Trinajstić information content (AvgIpc) is 2.84. The van der Waals surface area contributed by atoms with Gasteiger partial charge in [0.2, 0.25) is 15.9 Å². The Balaban J connectivity index is 1.84. The molecular formula is C24H26BrN3O5S2. The number of anilines is 2. The zero-order chi connectivity index (χ0) is 25.6. The summed E-state index contributed by atoms with van der Waals surface area (Å²) in [5.74, 6) is -0.577. The molecule has 0 heterocycles. The third-order valence-corrected chi connectivity index (χ3v) is 9.60. The van der Waals surface area contributed by atoms with Crippen LogP contribution in [-0.2, 0) is 24.8 Å². The molecule has 0 aliphatic heterocycles. The van der Waals surface area contributed by atoms with E-state index >= 15 is 0 Å². The van der Waals surface area contributed by atoms with Gasteiger partial charge in [0.05, 0.1) is 15.5 Å². The first kappa shape index (κ1) is 26.9. The lowest BCUT2D eigenvalue weighted by molar-refractivity contribution is -0.114. The Labute approximate surface area is 214 Å². The summed E-state index contributed by atoms with van der Waals surface area (Å²) in [7, 11) is -7.65. The highest BCUT2D eigenvalue weighted by molar-refractivity contribution is 9.10. The number of sulfonamides is 2. The largest absolute Gasteiger partial charge is 0.325 e. The summed E-state index contributed by atoms with van der Waals surface area (Å²) in [6.45, 7) is 3.74. The Morgan fingerprint density at radius 2 is 1.31 bits per heavy atom. The Bertz CT molecular complexity index is 1360. The lowest BCUT2D eigenvalue weighted by atomic mass is 10.3. The summed E-state index contributed by atoms with van der Waals surface area (Å²) in [4.78, 5) is 13.0. The van der Waals surface area contributed by atoms with Crippen LogP contribution in [0.3, 0.4) is 0 Å². The van der Waals surface area contributed by atoms with E-state index in [-0.39, 0.29) is 9.79 Å². The van der Waals surface area contributed by atoms with Crippen molar-refractivity contribution in [1.82, 2.24) is 4.31 Å². The van der Waals surface area contributed by atoms with Crippen LogP contribution in [0.1, 0.15) is 13.8 Å². The molecule has 0 radical (unpaired) electrons. The predicted molar refractivity (Wildman–Crippen MR) is 140 cm³/mol. The molecule has 8 nitrogen and oxygen atoms in total. The molecule has 35 heavy (non-hydrogen) atoms. The molecule has 1 amide bonds. The Morgan fingerprint density at radius 1 is 0.771 bits per heavy atom. The Hall–Kier alpha value is -2.73. The maximum absolute atomic E-state index is 13.3. The summed E-state index contributed by atoms with van der Waals surface area (Å²) in [5, 5.41) is 2.65. The van der Waals surface area contributed by atoms with Crippen molar-refractivity contribution >= 4 is 53.3 Å². The van der Waals surface area contributed by atoms with E-state index < -0.39 is 32.5 Å². The third kappa shape index (κ3) is 6.29. The van der Waals surface area contributed by atoms with Crippen LogP contribution in [-0.4, -0.2) is 46.7 Å². The van der Waals surface area contributed by atoms with Crippen molar-refractivity contribution in [3.63, 3.8) is 0 Å². The SMILES string of the molecule is CCN(CC)S(=O)(=O)c1ccc(NC(=O)CN(c2ccc(Br)cc2)S(=O)(=O)c2ccccc2)cc1. The predicted octanol–water partition coefficient (Wildman–Crippen LogP) is 4.31. The smallest absolute Gasteiger partial charge is 0.264 e. The van der Waals surface area contributed by atoms with Crippen LogP contribution >= 0.6 is 15.9 Å². The molecule has 0 aliphatic rings. The van der Waals surface area contributed by atoms with E-state index in [1.807, 2.05) is 0 Å². The quantitative estimate of drug-likeness (QED) is 0.385. The zero-order valence-electron chi connectivity index (χ0n) is 19.3. The van der Waals surface area contributed by atoms with E-state index in [4.69, 9.17) is 0 Å². The Kier molecular flexibility index (Phi) is 8.70. The van der Waals surface area contributed by atoms with Gasteiger partial charge in [-0.1, -0.05) is 48.0 Å². The van der Waals surface area contributed by atoms with Gasteiger partial charge in [-0.15, -0.1) is 0 Å². The molecule has 0 aliphatic carbocycles. The van der Waals surface area contributed by atoms with Gasteiger partial charge in [-0.3, -0.25) is 9.10 Å². The van der Waals surface area contributed by atoms with Gasteiger partial charge in [-0.05, 0) is 60.7 Å². The second-order valence-corrected chi connectivity index (χ2v) is 12.2. The van der Waals surface area contributed by atoms with E-state index in [9.17, 15) is 21.6 Å². The molecule has 1 N–H and O–H groups in total. The topological polar surface area (TPSA) is 104 Å². The van der Waals surface area contributed by atoms with Gasteiger partial charge in [0.25, 0.3) is 10.0 Å². The first-order chi connectivity index (χ1) is 16.6. The molecule has 0 aromatic heterocycles. The van der Waals surface area contributed by atoms with Gasteiger partial charge in [0, 0.05) is 23.2 Å². The fourth-order valence-corrected chi connectivity index (χ4v) is 6.56. The van der Waals surface area contributed by atoms with Crippen molar-refractivity contribution < 1.29 is 21.6 Å². The van der Waals surface area contributed by atoms with Crippen molar-refractivity contribution in [2.24, 2.45) is 0 Å². The third-order valence-electron chi connectivity index (χ3n) is 5.21. The number of hydrogen-bond acceptors (Lipinski definition) is 5. The highest BCUT2D eigenvalue weighted by Gasteiger charge is 2.27. The minimum Gasteiger partial charge on any atom is -0.325 e. The highest BCUT2D eigenvalue weighted by Crippen LogP contribution is 2.25. The van der Waals surface area contributed by atoms with Gasteiger partial charge >= 0.3 is 0 Å². The van der Waals surface area contributed by atoms with Crippen molar-refractivity contribution in [3.05, 3.63) is 83.3 Å². The summed E-state index contributed by atoms with van der Waals surface area (Å²) in [6.07, 6.45) is 0. The molecule has 0 bridgehead atoms. The lowest BCUT2D eigenvalue weighted by Crippen LogP contribution is -2.38. The maximum Gasteiger partial charge on any atom is 0.264 e. The number of carbonyl (C=O) groups is 1. The second kappa shape index (κ2) is 11.3. The van der Waals surface area contributed by atoms with Crippen LogP contribution < -0.4 is 9.62 Å². The molecule has 0 saturated heterocycles. The van der Waals surface area contributed by atoms with E-state index in [0.717, 1.165) is 8.78 Å². The van der Waals surface area contributed by atoms with Gasteiger partial charge in [-0.2, -0.15) is 4.31 Å². The van der Waals surface area contributed by atoms with Crippen molar-refractivity contribution in [2.75, 3.05) is 29.3 Å². The molecule has 0 spiro atoms. The fourth-order valence-electron chi connectivity index (χ4n) is 3.40. The number of amides is 1. The molecular weight excluding hydrogens is 554 g/mol. The second-order valence-electron chi connectivity index (χ2n) is 7.46. The van der Waals surface area contributed by atoms with Crippen LogP contribution in [0.15, 0.2) is 93.1 Å². The molecule has 3 aromatic carbocycles. The van der Waals surface area contributed by atoms with Gasteiger partial charge < -0.3 is 5.32 Å². The van der Waals surface area contributed by atoms with Crippen LogP contribution in [0, 0.1) is 0 Å². The number of nitrogens with one attached hydrogen (secondary N) is 1. The van der Waals surface area contributed by atoms with E-state index in [2.05, 4.69) is 21.2 Å². The number of nitrogens with zero attached hydrogens (tertiary/aromatic N) is 2. The highest BCUT2D eigenvalue weighted by atomic mass is 79.9. The number of halogens is 1. The Morgan fingerprint density at radius 3 is 1.86 bits per heavy atom. The summed E-state index contributed by atoms with van der Waals surface area (Å²) in [6, 6.07) is 20.2. The van der Waals surface area contributed by atoms with E-state index in [0.29, 0.717) is 24.5 Å². The number of hydrogen-bond donors (Lipinski definition) is 1. The summed E-state index contributed by atoms with van der Waals surface area (Å²) in [5.41, 5.74) is 0.675. The van der Waals surface area contributed by atoms with Crippen LogP contribution in [0.5, 0.6) is 0 Å². The monoisotopic (exact) mass is 579 g/mol. The molecule has 3 rings (SSSR count). The number of benzene rings is 3. The minimum atomic E-state index is -4.02. The van der Waals surface area contributed by atoms with Crippen LogP contribution in [0.25, 0.3) is 0 Å². The zero-order valence-corrected chi connectivity index (χ0v) is 22.5. The van der Waals surface area contributed by atoms with Crippen molar-refractivity contribution in [3.8, 4) is 0 Å². The lowest BCUT2D eigenvalue weighted by Gasteiger charge is -2.24.